The summed E-state index contributed by atoms with van der Waals surface area (Å²) in [5.41, 5.74) is 0.594. The fourth-order valence-corrected chi connectivity index (χ4v) is 3.63. The van der Waals surface area contributed by atoms with E-state index in [0.717, 1.165) is 17.8 Å². The summed E-state index contributed by atoms with van der Waals surface area (Å²) in [6.07, 6.45) is 3.67. The van der Waals surface area contributed by atoms with E-state index in [1.165, 1.54) is 12.8 Å². The molecule has 0 spiro atoms. The molecule has 0 aromatic heterocycles. The Bertz CT molecular complexity index is 219. The molecule has 0 radical (unpaired) electrons. The summed E-state index contributed by atoms with van der Waals surface area (Å²) in [5.74, 6) is 2.59. The first-order valence-electron chi connectivity index (χ1n) is 6.08. The summed E-state index contributed by atoms with van der Waals surface area (Å²) in [7, 11) is 0. The number of rotatable bonds is 2. The fraction of sp³-hybridized carbons (Fsp3) is 1.00. The molecule has 3 aliphatic carbocycles. The van der Waals surface area contributed by atoms with Crippen LogP contribution in [0.2, 0.25) is 0 Å². The van der Waals surface area contributed by atoms with Crippen molar-refractivity contribution in [3.63, 3.8) is 0 Å². The van der Waals surface area contributed by atoms with E-state index in [9.17, 15) is 0 Å². The molecule has 0 unspecified atom stereocenters. The van der Waals surface area contributed by atoms with Crippen LogP contribution in [0.3, 0.4) is 0 Å². The Balaban J connectivity index is 2.01. The van der Waals surface area contributed by atoms with Crippen LogP contribution in [-0.2, 0) is 4.74 Å². The van der Waals surface area contributed by atoms with Crippen molar-refractivity contribution in [2.45, 2.75) is 59.7 Å². The molecule has 3 fully saturated rings. The minimum Gasteiger partial charge on any atom is -0.375 e. The van der Waals surface area contributed by atoms with Crippen LogP contribution in [0, 0.1) is 23.2 Å². The normalized spacial score (nSPS) is 45.0. The fourth-order valence-electron chi connectivity index (χ4n) is 3.63. The smallest absolute Gasteiger partial charge is 0.0609 e. The van der Waals surface area contributed by atoms with Crippen molar-refractivity contribution in [1.29, 1.82) is 0 Å². The minimum atomic E-state index is 0.392. The van der Waals surface area contributed by atoms with Gasteiger partial charge in [0.25, 0.3) is 0 Å². The number of ether oxygens (including phenoxy) is 1. The molecule has 3 saturated carbocycles. The molecule has 0 saturated heterocycles. The lowest BCUT2D eigenvalue weighted by Gasteiger charge is -2.62. The summed E-state index contributed by atoms with van der Waals surface area (Å²) >= 11 is 0. The molecule has 1 nitrogen and oxygen atoms in total. The Morgan fingerprint density at radius 2 is 1.86 bits per heavy atom. The molecule has 82 valence electrons. The zero-order valence-electron chi connectivity index (χ0n) is 10.2. The Labute approximate surface area is 88.2 Å². The van der Waals surface area contributed by atoms with Gasteiger partial charge < -0.3 is 4.74 Å². The highest BCUT2D eigenvalue weighted by molar-refractivity contribution is 5.05. The van der Waals surface area contributed by atoms with Gasteiger partial charge >= 0.3 is 0 Å². The van der Waals surface area contributed by atoms with E-state index >= 15 is 0 Å². The van der Waals surface area contributed by atoms with Crippen LogP contribution in [0.4, 0.5) is 0 Å². The largest absolute Gasteiger partial charge is 0.375 e. The predicted molar refractivity (Wildman–Crippen MR) is 59.2 cm³/mol. The van der Waals surface area contributed by atoms with Crippen molar-refractivity contribution in [2.24, 2.45) is 23.2 Å². The third-order valence-corrected chi connectivity index (χ3v) is 4.73. The second-order valence-electron chi connectivity index (χ2n) is 6.18. The third-order valence-electron chi connectivity index (χ3n) is 4.73. The number of fused-ring (bicyclic) bond motifs is 2. The molecule has 0 heterocycles. The molecule has 0 aromatic carbocycles. The Morgan fingerprint density at radius 3 is 2.29 bits per heavy atom. The molecule has 0 aromatic rings. The molecule has 0 N–H and O–H groups in total. The van der Waals surface area contributed by atoms with Crippen molar-refractivity contribution in [2.75, 3.05) is 0 Å². The van der Waals surface area contributed by atoms with Gasteiger partial charge in [-0.25, -0.2) is 0 Å². The standard InChI is InChI=1S/C13H24O/c1-8(2)14-12-7-10-6-11(9(12)3)13(10,4)5/h8-12H,6-7H2,1-5H3/t9-,10+,11-,12-/m0/s1. The van der Waals surface area contributed by atoms with Crippen molar-refractivity contribution in [1.82, 2.24) is 0 Å². The van der Waals surface area contributed by atoms with Gasteiger partial charge in [-0.05, 0) is 49.9 Å². The molecular weight excluding hydrogens is 172 g/mol. The third kappa shape index (κ3) is 1.41. The van der Waals surface area contributed by atoms with Crippen LogP contribution < -0.4 is 0 Å². The summed E-state index contributed by atoms with van der Waals surface area (Å²) in [6, 6.07) is 0. The highest BCUT2D eigenvalue weighted by atomic mass is 16.5. The van der Waals surface area contributed by atoms with Gasteiger partial charge in [0.1, 0.15) is 0 Å². The zero-order valence-corrected chi connectivity index (χ0v) is 10.2. The first kappa shape index (κ1) is 10.5. The van der Waals surface area contributed by atoms with Gasteiger partial charge in [0.2, 0.25) is 0 Å². The maximum absolute atomic E-state index is 6.00. The molecule has 0 amide bonds. The summed E-state index contributed by atoms with van der Waals surface area (Å²) in [5, 5.41) is 0. The van der Waals surface area contributed by atoms with Crippen LogP contribution >= 0.6 is 0 Å². The van der Waals surface area contributed by atoms with Gasteiger partial charge in [0.15, 0.2) is 0 Å². The molecule has 14 heavy (non-hydrogen) atoms. The van der Waals surface area contributed by atoms with Gasteiger partial charge in [0, 0.05) is 0 Å². The topological polar surface area (TPSA) is 9.23 Å². The SMILES string of the molecule is CC(C)O[C@H]1C[C@H]2C[C@@H]([C@@H]1C)C2(C)C. The number of hydrogen-bond donors (Lipinski definition) is 0. The molecule has 4 atom stereocenters. The quantitative estimate of drug-likeness (QED) is 0.657. The van der Waals surface area contributed by atoms with Crippen LogP contribution in [-0.4, -0.2) is 12.2 Å². The number of hydrogen-bond acceptors (Lipinski definition) is 1. The van der Waals surface area contributed by atoms with E-state index in [-0.39, 0.29) is 0 Å². The van der Waals surface area contributed by atoms with Crippen LogP contribution in [0.5, 0.6) is 0 Å². The predicted octanol–water partition coefficient (Wildman–Crippen LogP) is 3.48. The lowest BCUT2D eigenvalue weighted by molar-refractivity contribution is -0.181. The molecule has 1 heteroatoms. The van der Waals surface area contributed by atoms with Gasteiger partial charge in [0.05, 0.1) is 12.2 Å². The molecule has 3 rings (SSSR count). The second-order valence-corrected chi connectivity index (χ2v) is 6.18. The van der Waals surface area contributed by atoms with Crippen molar-refractivity contribution >= 4 is 0 Å². The maximum Gasteiger partial charge on any atom is 0.0609 e. The van der Waals surface area contributed by atoms with E-state index in [1.807, 2.05) is 0 Å². The van der Waals surface area contributed by atoms with E-state index in [1.54, 1.807) is 0 Å². The van der Waals surface area contributed by atoms with Crippen LogP contribution in [0.15, 0.2) is 0 Å². The Kier molecular flexibility index (Phi) is 2.42. The van der Waals surface area contributed by atoms with Crippen molar-refractivity contribution in [3.05, 3.63) is 0 Å². The Hall–Kier alpha value is -0.0400. The van der Waals surface area contributed by atoms with Crippen molar-refractivity contribution < 1.29 is 4.74 Å². The molecule has 3 aliphatic rings. The van der Waals surface area contributed by atoms with E-state index in [2.05, 4.69) is 34.6 Å². The lowest BCUT2D eigenvalue weighted by Crippen LogP contribution is -2.57. The van der Waals surface area contributed by atoms with Crippen LogP contribution in [0.1, 0.15) is 47.5 Å². The molecule has 2 bridgehead atoms. The lowest BCUT2D eigenvalue weighted by atomic mass is 9.45. The van der Waals surface area contributed by atoms with Crippen molar-refractivity contribution in [3.8, 4) is 0 Å². The van der Waals surface area contributed by atoms with Gasteiger partial charge in [-0.3, -0.25) is 0 Å². The average molecular weight is 196 g/mol. The summed E-state index contributed by atoms with van der Waals surface area (Å²) in [4.78, 5) is 0. The van der Waals surface area contributed by atoms with Gasteiger partial charge in [-0.15, -0.1) is 0 Å². The highest BCUT2D eigenvalue weighted by Crippen LogP contribution is 2.61. The van der Waals surface area contributed by atoms with Gasteiger partial charge in [-0.1, -0.05) is 20.8 Å². The summed E-state index contributed by atoms with van der Waals surface area (Å²) in [6.45, 7) is 11.6. The molecule has 0 aliphatic heterocycles. The molecular formula is C13H24O. The maximum atomic E-state index is 6.00. The first-order chi connectivity index (χ1) is 6.43. The van der Waals surface area contributed by atoms with E-state index in [4.69, 9.17) is 4.74 Å². The zero-order chi connectivity index (χ0) is 10.5. The monoisotopic (exact) mass is 196 g/mol. The Morgan fingerprint density at radius 1 is 1.21 bits per heavy atom. The highest BCUT2D eigenvalue weighted by Gasteiger charge is 2.56. The minimum absolute atomic E-state index is 0.392. The second kappa shape index (κ2) is 3.23. The first-order valence-corrected chi connectivity index (χ1v) is 6.08. The summed E-state index contributed by atoms with van der Waals surface area (Å²) < 4.78 is 6.00. The van der Waals surface area contributed by atoms with Gasteiger partial charge in [-0.2, -0.15) is 0 Å². The van der Waals surface area contributed by atoms with E-state index < -0.39 is 0 Å². The van der Waals surface area contributed by atoms with Crippen LogP contribution in [0.25, 0.3) is 0 Å². The van der Waals surface area contributed by atoms with E-state index in [0.29, 0.717) is 17.6 Å². The average Bonchev–Trinajstić information content (AvgIpc) is 2.06.